The minimum atomic E-state index is -0.322. The Morgan fingerprint density at radius 3 is 2.28 bits per heavy atom. The Morgan fingerprint density at radius 1 is 1.04 bits per heavy atom. The summed E-state index contributed by atoms with van der Waals surface area (Å²) in [5, 5.41) is 3.00. The summed E-state index contributed by atoms with van der Waals surface area (Å²) in [5.74, 6) is 0.893. The number of rotatable bonds is 6. The maximum Gasteiger partial charge on any atom is 0.225 e. The summed E-state index contributed by atoms with van der Waals surface area (Å²) in [5.41, 5.74) is 5.13. The lowest BCUT2D eigenvalue weighted by Crippen LogP contribution is -2.27. The van der Waals surface area contributed by atoms with Gasteiger partial charge in [0.2, 0.25) is 5.91 Å². The molecule has 3 heteroatoms. The summed E-state index contributed by atoms with van der Waals surface area (Å²) in [6.45, 7) is 13.0. The molecule has 0 spiro atoms. The van der Waals surface area contributed by atoms with Crippen LogP contribution in [0.1, 0.15) is 49.4 Å². The van der Waals surface area contributed by atoms with Crippen molar-refractivity contribution in [3.63, 3.8) is 0 Å². The minimum Gasteiger partial charge on any atom is -0.494 e. The second kappa shape index (κ2) is 7.73. The van der Waals surface area contributed by atoms with Crippen LogP contribution in [0.4, 0.5) is 5.69 Å². The molecule has 0 aliphatic rings. The Balaban J connectivity index is 2.23. The monoisotopic (exact) mass is 339 g/mol. The number of anilines is 1. The maximum atomic E-state index is 12.6. The zero-order valence-electron chi connectivity index (χ0n) is 16.2. The van der Waals surface area contributed by atoms with Gasteiger partial charge in [0.05, 0.1) is 6.61 Å². The van der Waals surface area contributed by atoms with Crippen molar-refractivity contribution in [1.82, 2.24) is 0 Å². The minimum absolute atomic E-state index is 0.0104. The van der Waals surface area contributed by atoms with Crippen molar-refractivity contribution in [3.8, 4) is 5.75 Å². The number of ether oxygens (including phenoxy) is 1. The molecule has 0 atom stereocenters. The van der Waals surface area contributed by atoms with Gasteiger partial charge >= 0.3 is 0 Å². The molecule has 1 N–H and O–H groups in total. The lowest BCUT2D eigenvalue weighted by molar-refractivity contribution is -0.117. The molecule has 0 aliphatic carbocycles. The van der Waals surface area contributed by atoms with Gasteiger partial charge in [-0.1, -0.05) is 37.6 Å². The first kappa shape index (κ1) is 19.0. The lowest BCUT2D eigenvalue weighted by atomic mass is 9.78. The summed E-state index contributed by atoms with van der Waals surface area (Å²) in [6.07, 6.45) is 0.394. The van der Waals surface area contributed by atoms with Gasteiger partial charge in [0.15, 0.2) is 0 Å². The second-order valence-electron chi connectivity index (χ2n) is 7.36. The van der Waals surface area contributed by atoms with Crippen LogP contribution in [0.15, 0.2) is 36.4 Å². The van der Waals surface area contributed by atoms with Crippen LogP contribution in [0.5, 0.6) is 5.75 Å². The molecule has 25 heavy (non-hydrogen) atoms. The standard InChI is InChI=1S/C22H29NO2/c1-7-25-19-13-16(3)12-17(4)21(19)22(5,6)14-20(24)23-18-10-8-15(2)9-11-18/h8-13H,7,14H2,1-6H3,(H,23,24). The van der Waals surface area contributed by atoms with Gasteiger partial charge in [-0.25, -0.2) is 0 Å². The Kier molecular flexibility index (Phi) is 5.89. The van der Waals surface area contributed by atoms with Crippen LogP contribution in [0, 0.1) is 20.8 Å². The Bertz CT molecular complexity index is 745. The number of aryl methyl sites for hydroxylation is 3. The van der Waals surface area contributed by atoms with Gasteiger partial charge < -0.3 is 10.1 Å². The van der Waals surface area contributed by atoms with Crippen LogP contribution in [-0.4, -0.2) is 12.5 Å². The number of benzene rings is 2. The number of carbonyl (C=O) groups is 1. The fourth-order valence-corrected chi connectivity index (χ4v) is 3.40. The molecule has 0 heterocycles. The average molecular weight is 339 g/mol. The highest BCUT2D eigenvalue weighted by atomic mass is 16.5. The fraction of sp³-hybridized carbons (Fsp3) is 0.409. The van der Waals surface area contributed by atoms with Gasteiger partial charge in [-0.2, -0.15) is 0 Å². The van der Waals surface area contributed by atoms with Crippen molar-refractivity contribution in [2.24, 2.45) is 0 Å². The molecule has 2 aromatic rings. The van der Waals surface area contributed by atoms with Gasteiger partial charge in [0, 0.05) is 23.1 Å². The van der Waals surface area contributed by atoms with E-state index in [-0.39, 0.29) is 11.3 Å². The van der Waals surface area contributed by atoms with E-state index in [1.165, 1.54) is 11.1 Å². The predicted molar refractivity (Wildman–Crippen MR) is 105 cm³/mol. The summed E-state index contributed by atoms with van der Waals surface area (Å²) in [6, 6.07) is 12.1. The highest BCUT2D eigenvalue weighted by Gasteiger charge is 2.29. The summed E-state index contributed by atoms with van der Waals surface area (Å²) in [7, 11) is 0. The molecule has 2 rings (SSSR count). The third-order valence-corrected chi connectivity index (χ3v) is 4.36. The molecule has 0 aromatic heterocycles. The van der Waals surface area contributed by atoms with E-state index < -0.39 is 0 Å². The Labute approximate surface area is 151 Å². The van der Waals surface area contributed by atoms with Crippen molar-refractivity contribution >= 4 is 11.6 Å². The van der Waals surface area contributed by atoms with Crippen LogP contribution >= 0.6 is 0 Å². The number of hydrogen-bond donors (Lipinski definition) is 1. The maximum absolute atomic E-state index is 12.6. The highest BCUT2D eigenvalue weighted by molar-refractivity contribution is 5.91. The smallest absolute Gasteiger partial charge is 0.225 e. The molecular formula is C22H29NO2. The third kappa shape index (κ3) is 4.85. The summed E-state index contributed by atoms with van der Waals surface area (Å²) in [4.78, 5) is 12.6. The first-order valence-electron chi connectivity index (χ1n) is 8.84. The van der Waals surface area contributed by atoms with Crippen molar-refractivity contribution in [2.45, 2.75) is 53.4 Å². The number of amides is 1. The van der Waals surface area contributed by atoms with Crippen LogP contribution in [0.25, 0.3) is 0 Å². The molecule has 0 bridgehead atoms. The van der Waals surface area contributed by atoms with Gasteiger partial charge in [-0.05, 0) is 57.0 Å². The van der Waals surface area contributed by atoms with Gasteiger partial charge in [0.25, 0.3) is 0 Å². The zero-order chi connectivity index (χ0) is 18.6. The molecule has 0 saturated carbocycles. The predicted octanol–water partition coefficient (Wildman–Crippen LogP) is 5.32. The van der Waals surface area contributed by atoms with Crippen LogP contribution in [0.2, 0.25) is 0 Å². The second-order valence-corrected chi connectivity index (χ2v) is 7.36. The quantitative estimate of drug-likeness (QED) is 0.774. The van der Waals surface area contributed by atoms with Gasteiger partial charge in [-0.15, -0.1) is 0 Å². The van der Waals surface area contributed by atoms with E-state index in [1.54, 1.807) is 0 Å². The fourth-order valence-electron chi connectivity index (χ4n) is 3.40. The molecule has 3 nitrogen and oxygen atoms in total. The Morgan fingerprint density at radius 2 is 1.68 bits per heavy atom. The van der Waals surface area contributed by atoms with E-state index in [1.807, 2.05) is 38.1 Å². The van der Waals surface area contributed by atoms with Crippen LogP contribution in [-0.2, 0) is 10.2 Å². The van der Waals surface area contributed by atoms with E-state index in [9.17, 15) is 4.79 Å². The molecule has 1 amide bonds. The molecule has 2 aromatic carbocycles. The molecule has 0 radical (unpaired) electrons. The van der Waals surface area contributed by atoms with E-state index in [4.69, 9.17) is 4.74 Å². The first-order valence-corrected chi connectivity index (χ1v) is 8.84. The van der Waals surface area contributed by atoms with Crippen molar-refractivity contribution in [1.29, 1.82) is 0 Å². The molecule has 0 unspecified atom stereocenters. The molecule has 0 aliphatic heterocycles. The van der Waals surface area contributed by atoms with Crippen molar-refractivity contribution < 1.29 is 9.53 Å². The summed E-state index contributed by atoms with van der Waals surface area (Å²) >= 11 is 0. The highest BCUT2D eigenvalue weighted by Crippen LogP contribution is 2.38. The first-order chi connectivity index (χ1) is 11.7. The lowest BCUT2D eigenvalue weighted by Gasteiger charge is -2.29. The van der Waals surface area contributed by atoms with Crippen LogP contribution < -0.4 is 10.1 Å². The third-order valence-electron chi connectivity index (χ3n) is 4.36. The van der Waals surface area contributed by atoms with Crippen LogP contribution in [0.3, 0.4) is 0 Å². The topological polar surface area (TPSA) is 38.3 Å². The van der Waals surface area contributed by atoms with Crippen molar-refractivity contribution in [3.05, 3.63) is 58.7 Å². The van der Waals surface area contributed by atoms with E-state index in [0.29, 0.717) is 13.0 Å². The van der Waals surface area contributed by atoms with E-state index in [0.717, 1.165) is 22.6 Å². The van der Waals surface area contributed by atoms with Gasteiger partial charge in [0.1, 0.15) is 5.75 Å². The summed E-state index contributed by atoms with van der Waals surface area (Å²) < 4.78 is 5.87. The number of hydrogen-bond acceptors (Lipinski definition) is 2. The zero-order valence-corrected chi connectivity index (χ0v) is 16.2. The molecule has 0 saturated heterocycles. The normalized spacial score (nSPS) is 11.3. The van der Waals surface area contributed by atoms with E-state index >= 15 is 0 Å². The largest absolute Gasteiger partial charge is 0.494 e. The number of carbonyl (C=O) groups excluding carboxylic acids is 1. The average Bonchev–Trinajstić information content (AvgIpc) is 2.48. The Hall–Kier alpha value is -2.29. The molecule has 0 fully saturated rings. The molecular weight excluding hydrogens is 310 g/mol. The molecule has 134 valence electrons. The SMILES string of the molecule is CCOc1cc(C)cc(C)c1C(C)(C)CC(=O)Nc1ccc(C)cc1. The number of nitrogens with one attached hydrogen (secondary N) is 1. The van der Waals surface area contributed by atoms with Crippen molar-refractivity contribution in [2.75, 3.05) is 11.9 Å². The van der Waals surface area contributed by atoms with E-state index in [2.05, 4.69) is 45.1 Å². The van der Waals surface area contributed by atoms with Gasteiger partial charge in [-0.3, -0.25) is 4.79 Å².